The monoisotopic (exact) mass is 292 g/mol. The summed E-state index contributed by atoms with van der Waals surface area (Å²) in [6, 6.07) is 5.59. The molecule has 0 N–H and O–H groups in total. The van der Waals surface area contributed by atoms with Gasteiger partial charge in [0.1, 0.15) is 0 Å². The van der Waals surface area contributed by atoms with Crippen LogP contribution in [0.5, 0.6) is 5.75 Å². The zero-order valence-corrected chi connectivity index (χ0v) is 13.5. The average Bonchev–Trinajstić information content (AvgIpc) is 2.53. The maximum atomic E-state index is 14.1. The Balaban J connectivity index is 1.89. The largest absolute Gasteiger partial charge is 0.491 e. The third-order valence-electron chi connectivity index (χ3n) is 4.86. The molecule has 1 aliphatic carbocycles. The molecule has 0 aliphatic heterocycles. The first-order chi connectivity index (χ1) is 10.2. The smallest absolute Gasteiger partial charge is 0.165 e. The van der Waals surface area contributed by atoms with Crippen molar-refractivity contribution in [1.82, 2.24) is 0 Å². The van der Waals surface area contributed by atoms with Crippen LogP contribution in [0.25, 0.3) is 0 Å². The van der Waals surface area contributed by atoms with Gasteiger partial charge in [0.2, 0.25) is 0 Å². The molecule has 0 unspecified atom stereocenters. The number of rotatable bonds is 7. The minimum absolute atomic E-state index is 0.193. The summed E-state index contributed by atoms with van der Waals surface area (Å²) in [7, 11) is 0. The molecule has 0 saturated heterocycles. The highest BCUT2D eigenvalue weighted by atomic mass is 19.1. The number of unbranched alkanes of at least 4 members (excludes halogenated alkanes) is 2. The van der Waals surface area contributed by atoms with E-state index in [4.69, 9.17) is 4.74 Å². The normalized spacial score (nSPS) is 22.2. The van der Waals surface area contributed by atoms with Crippen molar-refractivity contribution in [3.8, 4) is 5.75 Å². The van der Waals surface area contributed by atoms with Crippen LogP contribution in [0.4, 0.5) is 4.39 Å². The first kappa shape index (κ1) is 16.3. The Morgan fingerprint density at radius 1 is 1.10 bits per heavy atom. The predicted octanol–water partition coefficient (Wildman–Crippen LogP) is 6.08. The predicted molar refractivity (Wildman–Crippen MR) is 86.4 cm³/mol. The summed E-state index contributed by atoms with van der Waals surface area (Å²) in [6.07, 6.45) is 9.56. The molecular formula is C19H29FO. The molecular weight excluding hydrogens is 263 g/mol. The number of hydrogen-bond donors (Lipinski definition) is 0. The summed E-state index contributed by atoms with van der Waals surface area (Å²) in [5.74, 6) is 1.64. The van der Waals surface area contributed by atoms with Crippen LogP contribution in [-0.2, 0) is 0 Å². The van der Waals surface area contributed by atoms with Crippen LogP contribution in [0.1, 0.15) is 76.7 Å². The Morgan fingerprint density at radius 3 is 2.48 bits per heavy atom. The van der Waals surface area contributed by atoms with Gasteiger partial charge in [0.05, 0.1) is 6.61 Å². The second-order valence-corrected chi connectivity index (χ2v) is 6.37. The van der Waals surface area contributed by atoms with Crippen molar-refractivity contribution in [3.05, 3.63) is 29.6 Å². The number of benzene rings is 1. The van der Waals surface area contributed by atoms with E-state index >= 15 is 0 Å². The van der Waals surface area contributed by atoms with Crippen molar-refractivity contribution in [2.75, 3.05) is 6.61 Å². The fourth-order valence-corrected chi connectivity index (χ4v) is 3.33. The topological polar surface area (TPSA) is 9.23 Å². The molecule has 0 aromatic heterocycles. The number of ether oxygens (including phenoxy) is 1. The van der Waals surface area contributed by atoms with E-state index in [1.54, 1.807) is 6.07 Å². The van der Waals surface area contributed by atoms with E-state index in [9.17, 15) is 4.39 Å². The van der Waals surface area contributed by atoms with E-state index in [1.807, 2.05) is 6.07 Å². The summed E-state index contributed by atoms with van der Waals surface area (Å²) in [5, 5.41) is 0. The van der Waals surface area contributed by atoms with Gasteiger partial charge in [-0.05, 0) is 61.6 Å². The Labute approximate surface area is 128 Å². The Hall–Kier alpha value is -1.05. The molecule has 0 heterocycles. The van der Waals surface area contributed by atoms with Crippen LogP contribution in [0.15, 0.2) is 18.2 Å². The lowest BCUT2D eigenvalue weighted by molar-refractivity contribution is 0.290. The van der Waals surface area contributed by atoms with Crippen LogP contribution in [0.2, 0.25) is 0 Å². The van der Waals surface area contributed by atoms with Crippen LogP contribution in [-0.4, -0.2) is 6.61 Å². The van der Waals surface area contributed by atoms with Gasteiger partial charge in [0.15, 0.2) is 11.6 Å². The quantitative estimate of drug-likeness (QED) is 0.553. The maximum Gasteiger partial charge on any atom is 0.165 e. The third kappa shape index (κ3) is 4.72. The molecule has 0 bridgehead atoms. The zero-order valence-electron chi connectivity index (χ0n) is 13.5. The highest BCUT2D eigenvalue weighted by Gasteiger charge is 2.22. The minimum atomic E-state index is -0.193. The first-order valence-corrected chi connectivity index (χ1v) is 8.66. The van der Waals surface area contributed by atoms with Crippen LogP contribution >= 0.6 is 0 Å². The Kier molecular flexibility index (Phi) is 6.53. The first-order valence-electron chi connectivity index (χ1n) is 8.66. The molecule has 1 nitrogen and oxygen atoms in total. The van der Waals surface area contributed by atoms with Gasteiger partial charge < -0.3 is 4.74 Å². The standard InChI is InChI=1S/C19H29FO/c1-3-5-6-13-21-19-12-11-17(14-18(19)20)16-9-7-15(4-2)8-10-16/h11-12,14-16H,3-10,13H2,1-2H3. The molecule has 0 spiro atoms. The second-order valence-electron chi connectivity index (χ2n) is 6.37. The maximum absolute atomic E-state index is 14.1. The molecule has 1 aromatic rings. The molecule has 1 aliphatic rings. The number of halogens is 1. The van der Waals surface area contributed by atoms with Gasteiger partial charge in [-0.25, -0.2) is 4.39 Å². The SMILES string of the molecule is CCCCCOc1ccc(C2CCC(CC)CC2)cc1F. The molecule has 0 amide bonds. The number of hydrogen-bond acceptors (Lipinski definition) is 1. The van der Waals surface area contributed by atoms with Crippen LogP contribution in [0.3, 0.4) is 0 Å². The van der Waals surface area contributed by atoms with Crippen molar-refractivity contribution < 1.29 is 9.13 Å². The molecule has 0 atom stereocenters. The fraction of sp³-hybridized carbons (Fsp3) is 0.684. The highest BCUT2D eigenvalue weighted by Crippen LogP contribution is 2.37. The third-order valence-corrected chi connectivity index (χ3v) is 4.86. The molecule has 1 fully saturated rings. The molecule has 21 heavy (non-hydrogen) atoms. The van der Waals surface area contributed by atoms with Crippen molar-refractivity contribution in [3.63, 3.8) is 0 Å². The van der Waals surface area contributed by atoms with Gasteiger partial charge in [0.25, 0.3) is 0 Å². The summed E-state index contributed by atoms with van der Waals surface area (Å²) in [5.41, 5.74) is 1.16. The fourth-order valence-electron chi connectivity index (χ4n) is 3.33. The van der Waals surface area contributed by atoms with Crippen molar-refractivity contribution in [2.24, 2.45) is 5.92 Å². The lowest BCUT2D eigenvalue weighted by Crippen LogP contribution is -2.12. The van der Waals surface area contributed by atoms with E-state index in [0.717, 1.165) is 30.7 Å². The molecule has 118 valence electrons. The Bertz CT molecular complexity index is 422. The Morgan fingerprint density at radius 2 is 1.86 bits per heavy atom. The molecule has 2 rings (SSSR count). The lowest BCUT2D eigenvalue weighted by atomic mass is 9.78. The van der Waals surface area contributed by atoms with Gasteiger partial charge in [-0.3, -0.25) is 0 Å². The molecule has 2 heteroatoms. The van der Waals surface area contributed by atoms with Crippen molar-refractivity contribution >= 4 is 0 Å². The summed E-state index contributed by atoms with van der Waals surface area (Å²) < 4.78 is 19.7. The van der Waals surface area contributed by atoms with E-state index in [0.29, 0.717) is 18.3 Å². The van der Waals surface area contributed by atoms with Crippen molar-refractivity contribution in [1.29, 1.82) is 0 Å². The van der Waals surface area contributed by atoms with Gasteiger partial charge in [-0.2, -0.15) is 0 Å². The van der Waals surface area contributed by atoms with E-state index < -0.39 is 0 Å². The van der Waals surface area contributed by atoms with E-state index in [-0.39, 0.29) is 5.82 Å². The second kappa shape index (κ2) is 8.41. The summed E-state index contributed by atoms with van der Waals surface area (Å²) >= 11 is 0. The van der Waals surface area contributed by atoms with Gasteiger partial charge >= 0.3 is 0 Å². The highest BCUT2D eigenvalue weighted by molar-refractivity contribution is 5.31. The van der Waals surface area contributed by atoms with E-state index in [1.165, 1.54) is 32.1 Å². The van der Waals surface area contributed by atoms with Crippen molar-refractivity contribution in [2.45, 2.75) is 71.1 Å². The lowest BCUT2D eigenvalue weighted by Gasteiger charge is -2.28. The van der Waals surface area contributed by atoms with Crippen LogP contribution in [0, 0.1) is 11.7 Å². The molecule has 1 aromatic carbocycles. The average molecular weight is 292 g/mol. The van der Waals surface area contributed by atoms with E-state index in [2.05, 4.69) is 19.9 Å². The van der Waals surface area contributed by atoms with Gasteiger partial charge in [0, 0.05) is 0 Å². The zero-order chi connectivity index (χ0) is 15.1. The molecule has 0 radical (unpaired) electrons. The molecule has 1 saturated carbocycles. The minimum Gasteiger partial charge on any atom is -0.491 e. The van der Waals surface area contributed by atoms with Gasteiger partial charge in [-0.15, -0.1) is 0 Å². The summed E-state index contributed by atoms with van der Waals surface area (Å²) in [4.78, 5) is 0. The van der Waals surface area contributed by atoms with Gasteiger partial charge in [-0.1, -0.05) is 39.2 Å². The summed E-state index contributed by atoms with van der Waals surface area (Å²) in [6.45, 7) is 5.05. The van der Waals surface area contributed by atoms with Crippen LogP contribution < -0.4 is 4.74 Å².